The average molecular weight is 520 g/mol. The van der Waals surface area contributed by atoms with Crippen molar-refractivity contribution in [3.05, 3.63) is 64.7 Å². The Morgan fingerprint density at radius 2 is 1.74 bits per heavy atom. The Bertz CT molecular complexity index is 1220. The third kappa shape index (κ3) is 5.85. The Kier molecular flexibility index (Phi) is 8.56. The van der Waals surface area contributed by atoms with Gasteiger partial charge in [-0.15, -0.1) is 0 Å². The maximum absolute atomic E-state index is 13.3. The Morgan fingerprint density at radius 3 is 2.37 bits per heavy atom. The molecule has 0 fully saturated rings. The van der Waals surface area contributed by atoms with Crippen LogP contribution in [0, 0.1) is 0 Å². The number of nitrogens with zero attached hydrogens (tertiary/aromatic N) is 2. The first-order valence-corrected chi connectivity index (χ1v) is 13.4. The molecule has 0 aromatic heterocycles. The Hall–Kier alpha value is -2.91. The second kappa shape index (κ2) is 11.2. The molecule has 0 bridgehead atoms. The molecule has 0 saturated carbocycles. The van der Waals surface area contributed by atoms with Gasteiger partial charge in [0, 0.05) is 30.6 Å². The minimum Gasteiger partial charge on any atom is -0.352 e. The third-order valence-corrected chi connectivity index (χ3v) is 7.99. The molecule has 0 aliphatic carbocycles. The van der Waals surface area contributed by atoms with Crippen LogP contribution in [0.3, 0.4) is 0 Å². The fraction of sp³-hybridized carbons (Fsp3) is 0.400. The lowest BCUT2D eigenvalue weighted by Crippen LogP contribution is -2.50. The van der Waals surface area contributed by atoms with Gasteiger partial charge in [0.05, 0.1) is 5.56 Å². The van der Waals surface area contributed by atoms with Crippen molar-refractivity contribution in [3.8, 4) is 0 Å². The summed E-state index contributed by atoms with van der Waals surface area (Å²) in [6.07, 6.45) is 0.480. The van der Waals surface area contributed by atoms with Crippen LogP contribution in [0.1, 0.15) is 56.0 Å². The second-order valence-corrected chi connectivity index (χ2v) is 10.9. The molecule has 10 heteroatoms. The quantitative estimate of drug-likeness (QED) is 0.516. The number of hydrogen-bond donors (Lipinski definition) is 1. The molecule has 3 amide bonds. The number of benzene rings is 2. The van der Waals surface area contributed by atoms with Gasteiger partial charge in [0.25, 0.3) is 15.9 Å². The molecule has 0 saturated heterocycles. The number of rotatable bonds is 10. The smallest absolute Gasteiger partial charge is 0.269 e. The molecule has 3 rings (SSSR count). The molecule has 1 heterocycles. The number of carbonyl (C=O) groups excluding carboxylic acids is 3. The number of amides is 3. The van der Waals surface area contributed by atoms with E-state index in [1.54, 1.807) is 36.4 Å². The van der Waals surface area contributed by atoms with Gasteiger partial charge in [-0.2, -0.15) is 0 Å². The van der Waals surface area contributed by atoms with Crippen LogP contribution < -0.4 is 5.32 Å². The van der Waals surface area contributed by atoms with Crippen molar-refractivity contribution in [1.82, 2.24) is 14.5 Å². The first-order chi connectivity index (χ1) is 16.6. The molecule has 2 aromatic rings. The van der Waals surface area contributed by atoms with Gasteiger partial charge in [0.1, 0.15) is 10.9 Å². The molecule has 1 N–H and O–H groups in total. The van der Waals surface area contributed by atoms with Gasteiger partial charge in [-0.1, -0.05) is 48.9 Å². The van der Waals surface area contributed by atoms with Crippen molar-refractivity contribution < 1.29 is 22.8 Å². The number of halogens is 1. The molecule has 2 aromatic carbocycles. The summed E-state index contributed by atoms with van der Waals surface area (Å²) < 4.78 is 26.4. The van der Waals surface area contributed by atoms with Crippen molar-refractivity contribution >= 4 is 39.3 Å². The van der Waals surface area contributed by atoms with Crippen molar-refractivity contribution in [1.29, 1.82) is 0 Å². The lowest BCUT2D eigenvalue weighted by atomic mass is 10.1. The third-order valence-electron chi connectivity index (χ3n) is 5.78. The highest BCUT2D eigenvalue weighted by molar-refractivity contribution is 7.90. The van der Waals surface area contributed by atoms with Gasteiger partial charge in [-0.25, -0.2) is 12.7 Å². The van der Waals surface area contributed by atoms with Crippen molar-refractivity contribution in [2.24, 2.45) is 0 Å². The summed E-state index contributed by atoms with van der Waals surface area (Å²) in [7, 11) is -3.94. The zero-order chi connectivity index (χ0) is 25.8. The van der Waals surface area contributed by atoms with E-state index in [9.17, 15) is 22.8 Å². The zero-order valence-corrected chi connectivity index (χ0v) is 21.6. The van der Waals surface area contributed by atoms with Crippen LogP contribution in [0.25, 0.3) is 0 Å². The molecule has 35 heavy (non-hydrogen) atoms. The zero-order valence-electron chi connectivity index (χ0n) is 20.0. The van der Waals surface area contributed by atoms with E-state index in [2.05, 4.69) is 5.32 Å². The summed E-state index contributed by atoms with van der Waals surface area (Å²) in [4.78, 5) is 40.3. The number of nitrogens with one attached hydrogen (secondary N) is 1. The lowest BCUT2D eigenvalue weighted by Gasteiger charge is -2.31. The molecule has 0 spiro atoms. The van der Waals surface area contributed by atoms with Crippen LogP contribution in [0.2, 0.25) is 5.02 Å². The van der Waals surface area contributed by atoms with Crippen LogP contribution in [-0.2, 0) is 26.2 Å². The number of carbonyl (C=O) groups is 3. The summed E-state index contributed by atoms with van der Waals surface area (Å²) in [6, 6.07) is 12.3. The standard InChI is InChI=1S/C25H30ClN3O5S/c1-4-21(24(31)27-17(2)3)28(16-18-10-5-7-12-20(18)26)23(30)14-9-15-29-25(32)19-11-6-8-13-22(19)35(29,33)34/h5-8,10-13,17,21H,4,9,14-16H2,1-3H3,(H,27,31)/t21-/m0/s1. The fourth-order valence-corrected chi connectivity index (χ4v) is 5.88. The highest BCUT2D eigenvalue weighted by Crippen LogP contribution is 2.30. The van der Waals surface area contributed by atoms with Gasteiger partial charge in [-0.3, -0.25) is 14.4 Å². The molecular formula is C25H30ClN3O5S. The van der Waals surface area contributed by atoms with Gasteiger partial charge >= 0.3 is 0 Å². The SMILES string of the molecule is CC[C@@H](C(=O)NC(C)C)N(Cc1ccccc1Cl)C(=O)CCCN1C(=O)c2ccccc2S1(=O)=O. The molecule has 0 radical (unpaired) electrons. The average Bonchev–Trinajstić information content (AvgIpc) is 3.00. The van der Waals surface area contributed by atoms with Crippen LogP contribution in [0.15, 0.2) is 53.4 Å². The van der Waals surface area contributed by atoms with Gasteiger partial charge < -0.3 is 10.2 Å². The summed E-state index contributed by atoms with van der Waals surface area (Å²) in [5.41, 5.74) is 0.835. The highest BCUT2D eigenvalue weighted by Gasteiger charge is 2.40. The van der Waals surface area contributed by atoms with E-state index in [4.69, 9.17) is 11.6 Å². The van der Waals surface area contributed by atoms with E-state index < -0.39 is 22.0 Å². The predicted molar refractivity (Wildman–Crippen MR) is 133 cm³/mol. The van der Waals surface area contributed by atoms with E-state index in [1.807, 2.05) is 20.8 Å². The summed E-state index contributed by atoms with van der Waals surface area (Å²) in [5, 5.41) is 3.34. The molecule has 1 aliphatic heterocycles. The Balaban J connectivity index is 1.76. The Morgan fingerprint density at radius 1 is 1.09 bits per heavy atom. The number of fused-ring (bicyclic) bond motifs is 1. The fourth-order valence-electron chi connectivity index (χ4n) is 4.08. The second-order valence-electron chi connectivity index (χ2n) is 8.68. The number of hydrogen-bond acceptors (Lipinski definition) is 5. The van der Waals surface area contributed by atoms with Crippen molar-refractivity contribution in [2.75, 3.05) is 6.54 Å². The highest BCUT2D eigenvalue weighted by atomic mass is 35.5. The van der Waals surface area contributed by atoms with E-state index in [-0.39, 0.29) is 54.2 Å². The lowest BCUT2D eigenvalue weighted by molar-refractivity contribution is -0.141. The summed E-state index contributed by atoms with van der Waals surface area (Å²) in [6.45, 7) is 5.52. The predicted octanol–water partition coefficient (Wildman–Crippen LogP) is 3.60. The van der Waals surface area contributed by atoms with Crippen LogP contribution >= 0.6 is 11.6 Å². The maximum atomic E-state index is 13.3. The van der Waals surface area contributed by atoms with E-state index in [0.29, 0.717) is 17.0 Å². The summed E-state index contributed by atoms with van der Waals surface area (Å²) in [5.74, 6) is -1.18. The van der Waals surface area contributed by atoms with Gasteiger partial charge in [0.15, 0.2) is 0 Å². The first kappa shape index (κ1) is 26.7. The molecular weight excluding hydrogens is 490 g/mol. The van der Waals surface area contributed by atoms with Crippen LogP contribution in [0.4, 0.5) is 0 Å². The van der Waals surface area contributed by atoms with Crippen LogP contribution in [-0.4, -0.2) is 54.0 Å². The van der Waals surface area contributed by atoms with E-state index in [0.717, 1.165) is 4.31 Å². The van der Waals surface area contributed by atoms with E-state index >= 15 is 0 Å². The first-order valence-electron chi connectivity index (χ1n) is 11.6. The molecule has 1 atom stereocenters. The molecule has 8 nitrogen and oxygen atoms in total. The van der Waals surface area contributed by atoms with Gasteiger partial charge in [0.2, 0.25) is 11.8 Å². The molecule has 0 unspecified atom stereocenters. The topological polar surface area (TPSA) is 104 Å². The maximum Gasteiger partial charge on any atom is 0.269 e. The monoisotopic (exact) mass is 519 g/mol. The summed E-state index contributed by atoms with van der Waals surface area (Å²) >= 11 is 6.32. The molecule has 1 aliphatic rings. The van der Waals surface area contributed by atoms with E-state index in [1.165, 1.54) is 17.0 Å². The normalized spacial score (nSPS) is 15.1. The van der Waals surface area contributed by atoms with Crippen molar-refractivity contribution in [2.45, 2.75) is 63.6 Å². The largest absolute Gasteiger partial charge is 0.352 e. The van der Waals surface area contributed by atoms with Crippen LogP contribution in [0.5, 0.6) is 0 Å². The van der Waals surface area contributed by atoms with Gasteiger partial charge in [-0.05, 0) is 50.5 Å². The minimum absolute atomic E-state index is 0.0203. The number of sulfonamides is 1. The van der Waals surface area contributed by atoms with Crippen molar-refractivity contribution in [3.63, 3.8) is 0 Å². The Labute approximate surface area is 211 Å². The molecule has 188 valence electrons. The minimum atomic E-state index is -3.94.